The van der Waals surface area contributed by atoms with E-state index in [4.69, 9.17) is 4.74 Å². The van der Waals surface area contributed by atoms with E-state index >= 15 is 0 Å². The van der Waals surface area contributed by atoms with Crippen LogP contribution in [0.5, 0.6) is 0 Å². The number of hydrogen-bond donors (Lipinski definition) is 0. The van der Waals surface area contributed by atoms with Crippen LogP contribution in [-0.4, -0.2) is 30.2 Å². The fraction of sp³-hybridized carbons (Fsp3) is 0.909. The van der Waals surface area contributed by atoms with E-state index in [2.05, 4.69) is 0 Å². The van der Waals surface area contributed by atoms with Crippen molar-refractivity contribution in [2.24, 2.45) is 0 Å². The second kappa shape index (κ2) is 5.89. The first-order valence-corrected chi connectivity index (χ1v) is 5.73. The number of carbonyl (C=O) groups is 1. The van der Waals surface area contributed by atoms with Gasteiger partial charge in [-0.05, 0) is 39.5 Å². The summed E-state index contributed by atoms with van der Waals surface area (Å²) < 4.78 is 5.42. The van der Waals surface area contributed by atoms with Crippen molar-refractivity contribution in [3.63, 3.8) is 0 Å². The van der Waals surface area contributed by atoms with Crippen molar-refractivity contribution >= 4 is 6.09 Å². The Morgan fingerprint density at radius 2 is 1.79 bits per heavy atom. The molecule has 0 atom stereocenters. The van der Waals surface area contributed by atoms with E-state index < -0.39 is 0 Å². The maximum Gasteiger partial charge on any atom is 0.410 e. The van der Waals surface area contributed by atoms with Gasteiger partial charge in [-0.1, -0.05) is 6.42 Å². The quantitative estimate of drug-likeness (QED) is 0.699. The highest BCUT2D eigenvalue weighted by Gasteiger charge is 2.19. The van der Waals surface area contributed by atoms with Crippen molar-refractivity contribution in [3.8, 4) is 0 Å². The Morgan fingerprint density at radius 1 is 1.21 bits per heavy atom. The van der Waals surface area contributed by atoms with E-state index in [1.54, 1.807) is 4.90 Å². The number of rotatable bonds is 3. The third-order valence-corrected chi connectivity index (χ3v) is 2.84. The van der Waals surface area contributed by atoms with Gasteiger partial charge in [0, 0.05) is 13.1 Å². The van der Waals surface area contributed by atoms with Gasteiger partial charge in [0.15, 0.2) is 0 Å². The molecule has 0 aliphatic heterocycles. The Bertz CT molecular complexity index is 172. The van der Waals surface area contributed by atoms with Crippen molar-refractivity contribution in [2.75, 3.05) is 13.1 Å². The van der Waals surface area contributed by atoms with E-state index in [0.717, 1.165) is 25.9 Å². The summed E-state index contributed by atoms with van der Waals surface area (Å²) in [5.41, 5.74) is 0. The van der Waals surface area contributed by atoms with Crippen LogP contribution in [0.15, 0.2) is 0 Å². The summed E-state index contributed by atoms with van der Waals surface area (Å²) >= 11 is 0. The lowest BCUT2D eigenvalue weighted by atomic mass is 9.98. The van der Waals surface area contributed by atoms with Gasteiger partial charge in [-0.3, -0.25) is 0 Å². The number of amides is 1. The van der Waals surface area contributed by atoms with Crippen LogP contribution in [0.4, 0.5) is 4.79 Å². The second-order valence-corrected chi connectivity index (χ2v) is 3.82. The summed E-state index contributed by atoms with van der Waals surface area (Å²) in [4.78, 5) is 13.3. The van der Waals surface area contributed by atoms with E-state index in [0.29, 0.717) is 0 Å². The lowest BCUT2D eigenvalue weighted by Crippen LogP contribution is -2.34. The first-order chi connectivity index (χ1) is 6.77. The molecule has 0 aromatic rings. The predicted octanol–water partition coefficient (Wildman–Crippen LogP) is 2.80. The summed E-state index contributed by atoms with van der Waals surface area (Å²) in [5.74, 6) is 0. The fourth-order valence-electron chi connectivity index (χ4n) is 1.88. The zero-order valence-electron chi connectivity index (χ0n) is 9.29. The normalized spacial score (nSPS) is 17.9. The maximum absolute atomic E-state index is 11.6. The molecule has 1 rings (SSSR count). The van der Waals surface area contributed by atoms with Crippen molar-refractivity contribution in [1.82, 2.24) is 4.90 Å². The first kappa shape index (κ1) is 11.3. The zero-order chi connectivity index (χ0) is 10.4. The molecular formula is C11H21NO2. The number of hydrogen-bond acceptors (Lipinski definition) is 2. The molecule has 0 heterocycles. The summed E-state index contributed by atoms with van der Waals surface area (Å²) in [6.07, 6.45) is 5.84. The lowest BCUT2D eigenvalue weighted by molar-refractivity contribution is 0.0481. The van der Waals surface area contributed by atoms with E-state index in [9.17, 15) is 4.79 Å². The van der Waals surface area contributed by atoms with Crippen LogP contribution in [0.2, 0.25) is 0 Å². The van der Waals surface area contributed by atoms with E-state index in [-0.39, 0.29) is 12.2 Å². The Balaban J connectivity index is 2.30. The minimum Gasteiger partial charge on any atom is -0.446 e. The molecule has 0 spiro atoms. The molecule has 0 saturated heterocycles. The first-order valence-electron chi connectivity index (χ1n) is 5.73. The summed E-state index contributed by atoms with van der Waals surface area (Å²) in [5, 5.41) is 0. The monoisotopic (exact) mass is 199 g/mol. The molecule has 1 fully saturated rings. The summed E-state index contributed by atoms with van der Waals surface area (Å²) in [6, 6.07) is 0. The highest BCUT2D eigenvalue weighted by molar-refractivity contribution is 5.67. The highest BCUT2D eigenvalue weighted by Crippen LogP contribution is 2.20. The van der Waals surface area contributed by atoms with Gasteiger partial charge in [0.2, 0.25) is 0 Å². The Kier molecular flexibility index (Phi) is 4.77. The van der Waals surface area contributed by atoms with Gasteiger partial charge in [-0.25, -0.2) is 4.79 Å². The van der Waals surface area contributed by atoms with Crippen LogP contribution in [0.3, 0.4) is 0 Å². The van der Waals surface area contributed by atoms with E-state index in [1.807, 2.05) is 13.8 Å². The average molecular weight is 199 g/mol. The van der Waals surface area contributed by atoms with Crippen molar-refractivity contribution in [2.45, 2.75) is 52.1 Å². The third kappa shape index (κ3) is 3.20. The van der Waals surface area contributed by atoms with Crippen LogP contribution >= 0.6 is 0 Å². The van der Waals surface area contributed by atoms with Gasteiger partial charge in [0.25, 0.3) is 0 Å². The van der Waals surface area contributed by atoms with Gasteiger partial charge in [-0.15, -0.1) is 0 Å². The molecule has 0 unspecified atom stereocenters. The van der Waals surface area contributed by atoms with Crippen molar-refractivity contribution in [3.05, 3.63) is 0 Å². The molecule has 0 radical (unpaired) electrons. The Labute approximate surface area is 86.4 Å². The molecular weight excluding hydrogens is 178 g/mol. The standard InChI is InChI=1S/C11H21NO2/c1-3-12(4-2)11(13)14-10-8-6-5-7-9-10/h10H,3-9H2,1-2H3. The molecule has 14 heavy (non-hydrogen) atoms. The zero-order valence-corrected chi connectivity index (χ0v) is 9.29. The van der Waals surface area contributed by atoms with Crippen LogP contribution in [0.1, 0.15) is 46.0 Å². The van der Waals surface area contributed by atoms with Crippen LogP contribution in [0.25, 0.3) is 0 Å². The third-order valence-electron chi connectivity index (χ3n) is 2.84. The smallest absolute Gasteiger partial charge is 0.410 e. The van der Waals surface area contributed by atoms with Crippen LogP contribution in [0, 0.1) is 0 Å². The molecule has 1 aliphatic rings. The molecule has 0 bridgehead atoms. The van der Waals surface area contributed by atoms with Crippen LogP contribution in [-0.2, 0) is 4.74 Å². The Morgan fingerprint density at radius 3 is 2.29 bits per heavy atom. The van der Waals surface area contributed by atoms with Crippen LogP contribution < -0.4 is 0 Å². The lowest BCUT2D eigenvalue weighted by Gasteiger charge is -2.25. The van der Waals surface area contributed by atoms with Crippen molar-refractivity contribution in [1.29, 1.82) is 0 Å². The average Bonchev–Trinajstić information content (AvgIpc) is 2.21. The molecule has 1 amide bonds. The SMILES string of the molecule is CCN(CC)C(=O)OC1CCCCC1. The second-order valence-electron chi connectivity index (χ2n) is 3.82. The van der Waals surface area contributed by atoms with Crippen molar-refractivity contribution < 1.29 is 9.53 Å². The Hall–Kier alpha value is -0.730. The molecule has 82 valence electrons. The molecule has 0 aromatic heterocycles. The number of nitrogens with zero attached hydrogens (tertiary/aromatic N) is 1. The fourth-order valence-corrected chi connectivity index (χ4v) is 1.88. The van der Waals surface area contributed by atoms with E-state index in [1.165, 1.54) is 19.3 Å². The molecule has 0 N–H and O–H groups in total. The minimum atomic E-state index is -0.137. The van der Waals surface area contributed by atoms with Gasteiger partial charge < -0.3 is 9.64 Å². The van der Waals surface area contributed by atoms with Gasteiger partial charge >= 0.3 is 6.09 Å². The number of ether oxygens (including phenoxy) is 1. The largest absolute Gasteiger partial charge is 0.446 e. The molecule has 3 nitrogen and oxygen atoms in total. The number of carbonyl (C=O) groups excluding carboxylic acids is 1. The predicted molar refractivity (Wildman–Crippen MR) is 56.3 cm³/mol. The minimum absolute atomic E-state index is 0.137. The summed E-state index contributed by atoms with van der Waals surface area (Å²) in [6.45, 7) is 5.43. The van der Waals surface area contributed by atoms with Gasteiger partial charge in [-0.2, -0.15) is 0 Å². The molecule has 1 saturated carbocycles. The maximum atomic E-state index is 11.6. The topological polar surface area (TPSA) is 29.5 Å². The summed E-state index contributed by atoms with van der Waals surface area (Å²) in [7, 11) is 0. The molecule has 3 heteroatoms. The molecule has 0 aromatic carbocycles. The molecule has 1 aliphatic carbocycles. The van der Waals surface area contributed by atoms with Gasteiger partial charge in [0.05, 0.1) is 0 Å². The van der Waals surface area contributed by atoms with Gasteiger partial charge in [0.1, 0.15) is 6.10 Å². The highest BCUT2D eigenvalue weighted by atomic mass is 16.6.